The minimum absolute atomic E-state index is 0.830. The van der Waals surface area contributed by atoms with E-state index in [1.165, 1.54) is 5.56 Å². The minimum atomic E-state index is 0.830. The van der Waals surface area contributed by atoms with Crippen LogP contribution >= 0.6 is 0 Å². The third kappa shape index (κ3) is 3.73. The van der Waals surface area contributed by atoms with Gasteiger partial charge in [0, 0.05) is 32.7 Å². The Morgan fingerprint density at radius 3 is 2.43 bits per heavy atom. The molecule has 1 aliphatic rings. The summed E-state index contributed by atoms with van der Waals surface area (Å²) in [6.07, 6.45) is 1.93. The predicted octanol–water partition coefficient (Wildman–Crippen LogP) is 2.45. The second-order valence-corrected chi connectivity index (χ2v) is 5.53. The number of nitrogens with zero attached hydrogens (tertiary/aromatic N) is 3. The zero-order valence-electron chi connectivity index (χ0n) is 12.5. The lowest BCUT2D eigenvalue weighted by molar-refractivity contribution is 0.312. The summed E-state index contributed by atoms with van der Waals surface area (Å²) >= 11 is 0. The van der Waals surface area contributed by atoms with Crippen LogP contribution < -0.4 is 10.2 Å². The maximum Gasteiger partial charge on any atom is 0.128 e. The topological polar surface area (TPSA) is 31.4 Å². The SMILES string of the molecule is CN1CCN(c2ccc(NCc3ccccc3)cn2)CC1. The van der Waals surface area contributed by atoms with E-state index in [4.69, 9.17) is 0 Å². The summed E-state index contributed by atoms with van der Waals surface area (Å²) in [7, 11) is 2.17. The molecule has 0 radical (unpaired) electrons. The molecule has 2 heterocycles. The van der Waals surface area contributed by atoms with Crippen molar-refractivity contribution in [1.82, 2.24) is 9.88 Å². The van der Waals surface area contributed by atoms with Crippen LogP contribution in [0, 0.1) is 0 Å². The number of aromatic nitrogens is 1. The van der Waals surface area contributed by atoms with Crippen molar-refractivity contribution in [3.05, 3.63) is 54.2 Å². The van der Waals surface area contributed by atoms with Crippen LogP contribution in [0.1, 0.15) is 5.56 Å². The summed E-state index contributed by atoms with van der Waals surface area (Å²) in [5, 5.41) is 3.41. The first-order valence-corrected chi connectivity index (χ1v) is 7.48. The van der Waals surface area contributed by atoms with E-state index >= 15 is 0 Å². The van der Waals surface area contributed by atoms with Crippen LogP contribution in [0.2, 0.25) is 0 Å². The van der Waals surface area contributed by atoms with E-state index in [0.29, 0.717) is 0 Å². The number of anilines is 2. The predicted molar refractivity (Wildman–Crippen MR) is 87.7 cm³/mol. The molecular formula is C17H22N4. The van der Waals surface area contributed by atoms with Crippen molar-refractivity contribution in [3.63, 3.8) is 0 Å². The quantitative estimate of drug-likeness (QED) is 0.933. The van der Waals surface area contributed by atoms with Crippen molar-refractivity contribution in [3.8, 4) is 0 Å². The zero-order chi connectivity index (χ0) is 14.5. The van der Waals surface area contributed by atoms with Crippen LogP contribution in [-0.4, -0.2) is 43.1 Å². The molecule has 1 N–H and O–H groups in total. The molecule has 110 valence electrons. The second kappa shape index (κ2) is 6.59. The first-order valence-electron chi connectivity index (χ1n) is 7.48. The van der Waals surface area contributed by atoms with E-state index in [0.717, 1.165) is 44.2 Å². The van der Waals surface area contributed by atoms with E-state index in [1.54, 1.807) is 0 Å². The van der Waals surface area contributed by atoms with Gasteiger partial charge in [0.15, 0.2) is 0 Å². The Bertz CT molecular complexity index is 545. The average molecular weight is 282 g/mol. The Labute approximate surface area is 126 Å². The molecule has 0 amide bonds. The lowest BCUT2D eigenvalue weighted by Crippen LogP contribution is -2.44. The van der Waals surface area contributed by atoms with Crippen molar-refractivity contribution in [2.45, 2.75) is 6.54 Å². The molecule has 0 aliphatic carbocycles. The van der Waals surface area contributed by atoms with E-state index in [9.17, 15) is 0 Å². The third-order valence-electron chi connectivity index (χ3n) is 3.91. The number of likely N-dealkylation sites (N-methyl/N-ethyl adjacent to an activating group) is 1. The molecule has 0 unspecified atom stereocenters. The Kier molecular flexibility index (Phi) is 4.36. The van der Waals surface area contributed by atoms with Crippen molar-refractivity contribution in [2.75, 3.05) is 43.4 Å². The van der Waals surface area contributed by atoms with Gasteiger partial charge in [-0.15, -0.1) is 0 Å². The average Bonchev–Trinajstić information content (AvgIpc) is 2.55. The fraction of sp³-hybridized carbons (Fsp3) is 0.353. The number of benzene rings is 1. The van der Waals surface area contributed by atoms with Crippen molar-refractivity contribution < 1.29 is 0 Å². The van der Waals surface area contributed by atoms with Crippen molar-refractivity contribution in [1.29, 1.82) is 0 Å². The number of piperazine rings is 1. The van der Waals surface area contributed by atoms with Gasteiger partial charge in [0.05, 0.1) is 11.9 Å². The molecule has 21 heavy (non-hydrogen) atoms. The number of hydrogen-bond donors (Lipinski definition) is 1. The molecule has 0 spiro atoms. The fourth-order valence-corrected chi connectivity index (χ4v) is 2.51. The summed E-state index contributed by atoms with van der Waals surface area (Å²) < 4.78 is 0. The van der Waals surface area contributed by atoms with Crippen LogP contribution in [0.3, 0.4) is 0 Å². The van der Waals surface area contributed by atoms with Gasteiger partial charge in [-0.25, -0.2) is 4.98 Å². The lowest BCUT2D eigenvalue weighted by Gasteiger charge is -2.33. The number of pyridine rings is 1. The maximum absolute atomic E-state index is 4.58. The van der Waals surface area contributed by atoms with Gasteiger partial charge in [-0.3, -0.25) is 0 Å². The Balaban J connectivity index is 1.57. The van der Waals surface area contributed by atoms with Gasteiger partial charge < -0.3 is 15.1 Å². The van der Waals surface area contributed by atoms with Crippen LogP contribution in [0.25, 0.3) is 0 Å². The normalized spacial score (nSPS) is 16.0. The van der Waals surface area contributed by atoms with Crippen molar-refractivity contribution >= 4 is 11.5 Å². The maximum atomic E-state index is 4.58. The Hall–Kier alpha value is -2.07. The standard InChI is InChI=1S/C17H22N4/c1-20-9-11-21(12-10-20)17-8-7-16(14-19-17)18-13-15-5-3-2-4-6-15/h2-8,14,18H,9-13H2,1H3. The highest BCUT2D eigenvalue weighted by Crippen LogP contribution is 2.16. The van der Waals surface area contributed by atoms with E-state index < -0.39 is 0 Å². The zero-order valence-corrected chi connectivity index (χ0v) is 12.5. The smallest absolute Gasteiger partial charge is 0.128 e. The molecule has 2 aromatic rings. The molecule has 3 rings (SSSR count). The summed E-state index contributed by atoms with van der Waals surface area (Å²) in [5.74, 6) is 1.08. The van der Waals surface area contributed by atoms with Crippen LogP contribution in [-0.2, 0) is 6.54 Å². The van der Waals surface area contributed by atoms with E-state index in [1.807, 2.05) is 12.3 Å². The molecule has 1 fully saturated rings. The Morgan fingerprint density at radius 2 is 1.76 bits per heavy atom. The molecular weight excluding hydrogens is 260 g/mol. The Morgan fingerprint density at radius 1 is 1.00 bits per heavy atom. The summed E-state index contributed by atoms with van der Waals surface area (Å²) in [5.41, 5.74) is 2.34. The largest absolute Gasteiger partial charge is 0.380 e. The lowest BCUT2D eigenvalue weighted by atomic mass is 10.2. The van der Waals surface area contributed by atoms with Gasteiger partial charge in [0.1, 0.15) is 5.82 Å². The highest BCUT2D eigenvalue weighted by atomic mass is 15.3. The van der Waals surface area contributed by atoms with Crippen LogP contribution in [0.15, 0.2) is 48.7 Å². The van der Waals surface area contributed by atoms with Gasteiger partial charge in [-0.05, 0) is 24.7 Å². The molecule has 1 aromatic heterocycles. The molecule has 0 atom stereocenters. The molecule has 4 nitrogen and oxygen atoms in total. The first-order chi connectivity index (χ1) is 10.3. The minimum Gasteiger partial charge on any atom is -0.380 e. The summed E-state index contributed by atoms with van der Waals surface area (Å²) in [4.78, 5) is 9.29. The molecule has 1 saturated heterocycles. The van der Waals surface area contributed by atoms with E-state index in [-0.39, 0.29) is 0 Å². The molecule has 4 heteroatoms. The summed E-state index contributed by atoms with van der Waals surface area (Å²) in [6.45, 7) is 5.16. The first kappa shape index (κ1) is 13.9. The van der Waals surface area contributed by atoms with Crippen molar-refractivity contribution in [2.24, 2.45) is 0 Å². The molecule has 1 aromatic carbocycles. The highest BCUT2D eigenvalue weighted by molar-refractivity contribution is 5.49. The van der Waals surface area contributed by atoms with Gasteiger partial charge in [0.25, 0.3) is 0 Å². The monoisotopic (exact) mass is 282 g/mol. The molecule has 1 aliphatic heterocycles. The fourth-order valence-electron chi connectivity index (χ4n) is 2.51. The number of nitrogens with one attached hydrogen (secondary N) is 1. The van der Waals surface area contributed by atoms with Gasteiger partial charge in [-0.2, -0.15) is 0 Å². The van der Waals surface area contributed by atoms with Crippen LogP contribution in [0.5, 0.6) is 0 Å². The third-order valence-corrected chi connectivity index (χ3v) is 3.91. The number of hydrogen-bond acceptors (Lipinski definition) is 4. The van der Waals surface area contributed by atoms with Gasteiger partial charge in [-0.1, -0.05) is 30.3 Å². The van der Waals surface area contributed by atoms with E-state index in [2.05, 4.69) is 63.5 Å². The molecule has 0 saturated carbocycles. The molecule has 0 bridgehead atoms. The summed E-state index contributed by atoms with van der Waals surface area (Å²) in [6, 6.07) is 14.6. The van der Waals surface area contributed by atoms with Gasteiger partial charge in [0.2, 0.25) is 0 Å². The second-order valence-electron chi connectivity index (χ2n) is 5.53. The van der Waals surface area contributed by atoms with Gasteiger partial charge >= 0.3 is 0 Å². The van der Waals surface area contributed by atoms with Crippen LogP contribution in [0.4, 0.5) is 11.5 Å². The highest BCUT2D eigenvalue weighted by Gasteiger charge is 2.14. The number of rotatable bonds is 4.